The molecule has 0 atom stereocenters. The van der Waals surface area contributed by atoms with Gasteiger partial charge in [0, 0.05) is 18.3 Å². The molecule has 0 spiro atoms. The normalized spacial score (nSPS) is 11.8. The molecular formula is C20H27ClN2O6. The fourth-order valence-corrected chi connectivity index (χ4v) is 2.97. The van der Waals surface area contributed by atoms with E-state index in [1.54, 1.807) is 10.6 Å². The van der Waals surface area contributed by atoms with Crippen molar-refractivity contribution in [3.8, 4) is 5.75 Å². The first kappa shape index (κ1) is 23.2. The summed E-state index contributed by atoms with van der Waals surface area (Å²) in [5.74, 6) is -0.986. The number of hydrogen-bond donors (Lipinski definition) is 2. The van der Waals surface area contributed by atoms with Crippen molar-refractivity contribution in [1.82, 2.24) is 4.57 Å². The van der Waals surface area contributed by atoms with Crippen molar-refractivity contribution in [3.63, 3.8) is 0 Å². The van der Waals surface area contributed by atoms with Crippen LogP contribution in [-0.4, -0.2) is 55.2 Å². The Kier molecular flexibility index (Phi) is 8.04. The third-order valence-corrected chi connectivity index (χ3v) is 4.43. The predicted octanol–water partition coefficient (Wildman–Crippen LogP) is 2.48. The number of ether oxygens (including phenoxy) is 3. The van der Waals surface area contributed by atoms with Gasteiger partial charge in [-0.3, -0.25) is 4.79 Å². The number of carboxylic acids is 1. The largest absolute Gasteiger partial charge is 0.490 e. The van der Waals surface area contributed by atoms with Gasteiger partial charge in [0.25, 0.3) is 0 Å². The summed E-state index contributed by atoms with van der Waals surface area (Å²) in [5, 5.41) is 9.97. The first-order valence-corrected chi connectivity index (χ1v) is 9.65. The molecule has 0 fully saturated rings. The summed E-state index contributed by atoms with van der Waals surface area (Å²) < 4.78 is 18.0. The lowest BCUT2D eigenvalue weighted by atomic mass is 10.0. The molecule has 0 unspecified atom stereocenters. The summed E-state index contributed by atoms with van der Waals surface area (Å²) in [5.41, 5.74) is 4.52. The quantitative estimate of drug-likeness (QED) is 0.561. The molecular weight excluding hydrogens is 400 g/mol. The summed E-state index contributed by atoms with van der Waals surface area (Å²) in [6, 6.07) is 3.10. The van der Waals surface area contributed by atoms with Gasteiger partial charge in [0.05, 0.1) is 42.4 Å². The highest BCUT2D eigenvalue weighted by Gasteiger charge is 2.22. The maximum absolute atomic E-state index is 12.7. The van der Waals surface area contributed by atoms with Crippen molar-refractivity contribution in [2.75, 3.05) is 39.6 Å². The van der Waals surface area contributed by atoms with Crippen molar-refractivity contribution in [2.24, 2.45) is 5.73 Å². The molecule has 0 saturated carbocycles. The van der Waals surface area contributed by atoms with Crippen molar-refractivity contribution in [2.45, 2.75) is 26.3 Å². The van der Waals surface area contributed by atoms with Gasteiger partial charge in [-0.1, -0.05) is 11.6 Å². The summed E-state index contributed by atoms with van der Waals surface area (Å²) in [4.78, 5) is 24.2. The first-order valence-electron chi connectivity index (χ1n) is 9.28. The van der Waals surface area contributed by atoms with Crippen molar-refractivity contribution in [3.05, 3.63) is 39.1 Å². The molecule has 2 rings (SSSR count). The average Bonchev–Trinajstić information content (AvgIpc) is 2.63. The number of hydrogen-bond acceptors (Lipinski definition) is 6. The van der Waals surface area contributed by atoms with Gasteiger partial charge >= 0.3 is 5.97 Å². The topological polar surface area (TPSA) is 113 Å². The molecule has 29 heavy (non-hydrogen) atoms. The van der Waals surface area contributed by atoms with Crippen LogP contribution in [0.15, 0.2) is 23.1 Å². The molecule has 2 aromatic rings. The Hall–Kier alpha value is -2.13. The van der Waals surface area contributed by atoms with E-state index in [-0.39, 0.29) is 17.6 Å². The van der Waals surface area contributed by atoms with Crippen LogP contribution in [0.4, 0.5) is 0 Å². The smallest absolute Gasteiger partial charge is 0.341 e. The lowest BCUT2D eigenvalue weighted by molar-refractivity contribution is 0.0388. The second-order valence-electron chi connectivity index (χ2n) is 7.38. The number of fused-ring (bicyclic) bond motifs is 1. The zero-order valence-corrected chi connectivity index (χ0v) is 17.6. The molecule has 1 aromatic carbocycles. The number of benzene rings is 1. The van der Waals surface area contributed by atoms with Crippen LogP contribution in [0.5, 0.6) is 5.75 Å². The maximum Gasteiger partial charge on any atom is 0.341 e. The molecule has 1 heterocycles. The highest BCUT2D eigenvalue weighted by Crippen LogP contribution is 2.31. The van der Waals surface area contributed by atoms with E-state index in [4.69, 9.17) is 31.5 Å². The van der Waals surface area contributed by atoms with Crippen LogP contribution >= 0.6 is 11.6 Å². The number of carboxylic acid groups (broad SMARTS) is 1. The van der Waals surface area contributed by atoms with Crippen LogP contribution < -0.4 is 15.9 Å². The molecule has 0 aliphatic heterocycles. The highest BCUT2D eigenvalue weighted by atomic mass is 35.5. The molecule has 9 heteroatoms. The van der Waals surface area contributed by atoms with E-state index in [0.717, 1.165) is 0 Å². The Labute approximate surface area is 174 Å². The molecule has 0 aliphatic carbocycles. The molecule has 160 valence electrons. The summed E-state index contributed by atoms with van der Waals surface area (Å²) in [6.45, 7) is 8.06. The van der Waals surface area contributed by atoms with Crippen molar-refractivity contribution >= 4 is 28.5 Å². The fourth-order valence-electron chi connectivity index (χ4n) is 2.76. The zero-order chi connectivity index (χ0) is 21.6. The van der Waals surface area contributed by atoms with E-state index < -0.39 is 16.9 Å². The molecule has 3 N–H and O–H groups in total. The Balaban J connectivity index is 2.24. The van der Waals surface area contributed by atoms with Gasteiger partial charge in [-0.2, -0.15) is 0 Å². The monoisotopic (exact) mass is 426 g/mol. The van der Waals surface area contributed by atoms with Gasteiger partial charge in [-0.15, -0.1) is 0 Å². The van der Waals surface area contributed by atoms with Gasteiger partial charge in [0.2, 0.25) is 5.43 Å². The Bertz CT molecular complexity index is 920. The second-order valence-corrected chi connectivity index (χ2v) is 7.79. The number of nitrogens with zero attached hydrogens (tertiary/aromatic N) is 1. The third kappa shape index (κ3) is 5.93. The minimum atomic E-state index is -1.28. The summed E-state index contributed by atoms with van der Waals surface area (Å²) >= 11 is 6.35. The molecule has 0 radical (unpaired) electrons. The molecule has 0 bridgehead atoms. The van der Waals surface area contributed by atoms with Crippen LogP contribution in [0.3, 0.4) is 0 Å². The van der Waals surface area contributed by atoms with Crippen molar-refractivity contribution < 1.29 is 24.1 Å². The minimum Gasteiger partial charge on any atom is -0.490 e. The van der Waals surface area contributed by atoms with Crippen LogP contribution in [0, 0.1) is 0 Å². The van der Waals surface area contributed by atoms with E-state index >= 15 is 0 Å². The number of carbonyl (C=O) groups is 1. The standard InChI is InChI=1S/C20H27ClN2O6/c1-20(2,3)23-12-14(19(25)26)18(24)13-10-17(15(21)11-16(13)23)29-9-8-28-7-6-27-5-4-22/h10-12H,4-9,22H2,1-3H3,(H,25,26). The van der Waals surface area contributed by atoms with E-state index in [0.29, 0.717) is 49.3 Å². The van der Waals surface area contributed by atoms with Gasteiger partial charge in [0.15, 0.2) is 0 Å². The molecule has 0 amide bonds. The summed E-state index contributed by atoms with van der Waals surface area (Å²) in [7, 11) is 0. The van der Waals surface area contributed by atoms with E-state index in [1.165, 1.54) is 12.3 Å². The first-order chi connectivity index (χ1) is 13.7. The fraction of sp³-hybridized carbons (Fsp3) is 0.500. The summed E-state index contributed by atoms with van der Waals surface area (Å²) in [6.07, 6.45) is 1.35. The van der Waals surface area contributed by atoms with Crippen LogP contribution in [0.2, 0.25) is 5.02 Å². The predicted molar refractivity (Wildman–Crippen MR) is 111 cm³/mol. The number of rotatable bonds is 10. The maximum atomic E-state index is 12.7. The van der Waals surface area contributed by atoms with Gasteiger partial charge in [0.1, 0.15) is 17.9 Å². The second kappa shape index (κ2) is 10.1. The average molecular weight is 427 g/mol. The van der Waals surface area contributed by atoms with Crippen LogP contribution in [0.25, 0.3) is 10.9 Å². The number of aromatic carboxylic acids is 1. The number of halogens is 1. The molecule has 0 saturated heterocycles. The minimum absolute atomic E-state index is 0.216. The number of nitrogens with two attached hydrogens (primary N) is 1. The molecule has 1 aromatic heterocycles. The van der Waals surface area contributed by atoms with Gasteiger partial charge in [-0.25, -0.2) is 4.79 Å². The lowest BCUT2D eigenvalue weighted by Gasteiger charge is -2.26. The van der Waals surface area contributed by atoms with E-state index in [9.17, 15) is 14.7 Å². The number of pyridine rings is 1. The van der Waals surface area contributed by atoms with Crippen molar-refractivity contribution in [1.29, 1.82) is 0 Å². The third-order valence-electron chi connectivity index (χ3n) is 4.13. The van der Waals surface area contributed by atoms with Gasteiger partial charge < -0.3 is 29.6 Å². The van der Waals surface area contributed by atoms with E-state index in [1.807, 2.05) is 20.8 Å². The van der Waals surface area contributed by atoms with Gasteiger partial charge in [-0.05, 0) is 32.9 Å². The van der Waals surface area contributed by atoms with E-state index in [2.05, 4.69) is 0 Å². The van der Waals surface area contributed by atoms with Crippen LogP contribution in [0.1, 0.15) is 31.1 Å². The highest BCUT2D eigenvalue weighted by molar-refractivity contribution is 6.32. The molecule has 8 nitrogen and oxygen atoms in total. The number of aromatic nitrogens is 1. The SMILES string of the molecule is CC(C)(C)n1cc(C(=O)O)c(=O)c2cc(OCCOCCOCCN)c(Cl)cc21. The Morgan fingerprint density at radius 1 is 1.14 bits per heavy atom. The zero-order valence-electron chi connectivity index (χ0n) is 16.9. The Morgan fingerprint density at radius 2 is 1.76 bits per heavy atom. The van der Waals surface area contributed by atoms with Crippen LogP contribution in [-0.2, 0) is 15.0 Å². The lowest BCUT2D eigenvalue weighted by Crippen LogP contribution is -2.27. The Morgan fingerprint density at radius 3 is 2.34 bits per heavy atom. The molecule has 0 aliphatic rings.